The molecule has 4 aromatic rings. The predicted octanol–water partition coefficient (Wildman–Crippen LogP) is 4.94. The van der Waals surface area contributed by atoms with Gasteiger partial charge in [-0.25, -0.2) is 12.8 Å². The number of benzene rings is 2. The van der Waals surface area contributed by atoms with Crippen molar-refractivity contribution < 1.29 is 22.7 Å². The minimum Gasteiger partial charge on any atom is -0.496 e. The van der Waals surface area contributed by atoms with Crippen molar-refractivity contribution in [3.05, 3.63) is 94.5 Å². The molecule has 198 valence electrons. The fourth-order valence-electron chi connectivity index (χ4n) is 4.37. The third-order valence-corrected chi connectivity index (χ3v) is 8.12. The summed E-state index contributed by atoms with van der Waals surface area (Å²) < 4.78 is 47.7. The average molecular weight is 538 g/mol. The summed E-state index contributed by atoms with van der Waals surface area (Å²) in [6.45, 7) is 3.76. The zero-order valence-electron chi connectivity index (χ0n) is 21.3. The molecular weight excluding hydrogens is 509 g/mol. The minimum atomic E-state index is -4.47. The SMILES string of the molecule is CCCCc1nc(=O)c(S(=O)(=O)c2ccc(-c3cncc(F)c3)cc2)c(O)n1[C@@H](C)c1ccccc1OC. The van der Waals surface area contributed by atoms with Crippen LogP contribution >= 0.6 is 0 Å². The highest BCUT2D eigenvalue weighted by molar-refractivity contribution is 7.91. The summed E-state index contributed by atoms with van der Waals surface area (Å²) in [5.74, 6) is -0.386. The Hall–Kier alpha value is -4.05. The molecule has 0 spiro atoms. The largest absolute Gasteiger partial charge is 0.496 e. The number of hydrogen-bond acceptors (Lipinski definition) is 7. The topological polar surface area (TPSA) is 111 Å². The summed E-state index contributed by atoms with van der Waals surface area (Å²) in [5, 5.41) is 11.4. The van der Waals surface area contributed by atoms with Crippen LogP contribution in [-0.4, -0.2) is 35.2 Å². The van der Waals surface area contributed by atoms with Gasteiger partial charge in [-0.2, -0.15) is 4.98 Å². The van der Waals surface area contributed by atoms with Gasteiger partial charge in [0.15, 0.2) is 4.90 Å². The van der Waals surface area contributed by atoms with E-state index in [1.165, 1.54) is 48.2 Å². The van der Waals surface area contributed by atoms with Crippen LogP contribution in [0.3, 0.4) is 0 Å². The van der Waals surface area contributed by atoms with E-state index in [1.807, 2.05) is 6.92 Å². The normalized spacial score (nSPS) is 12.3. The van der Waals surface area contributed by atoms with Gasteiger partial charge in [-0.1, -0.05) is 43.7 Å². The number of sulfone groups is 1. The summed E-state index contributed by atoms with van der Waals surface area (Å²) in [6.07, 6.45) is 4.39. The Bertz CT molecular complexity index is 1620. The lowest BCUT2D eigenvalue weighted by Gasteiger charge is -2.24. The third kappa shape index (κ3) is 5.17. The molecule has 0 unspecified atom stereocenters. The van der Waals surface area contributed by atoms with Gasteiger partial charge in [0, 0.05) is 23.7 Å². The lowest BCUT2D eigenvalue weighted by atomic mass is 10.1. The van der Waals surface area contributed by atoms with Gasteiger partial charge in [-0.15, -0.1) is 0 Å². The quantitative estimate of drug-likeness (QED) is 0.322. The maximum atomic E-state index is 13.6. The van der Waals surface area contributed by atoms with Crippen LogP contribution in [-0.2, 0) is 16.3 Å². The van der Waals surface area contributed by atoms with E-state index in [0.29, 0.717) is 35.3 Å². The van der Waals surface area contributed by atoms with E-state index >= 15 is 0 Å². The first-order chi connectivity index (χ1) is 18.2. The Morgan fingerprint density at radius 1 is 1.08 bits per heavy atom. The Balaban J connectivity index is 1.85. The Morgan fingerprint density at radius 2 is 1.79 bits per heavy atom. The number of para-hydroxylation sites is 1. The van der Waals surface area contributed by atoms with Crippen molar-refractivity contribution in [1.82, 2.24) is 14.5 Å². The molecule has 1 atom stereocenters. The molecule has 8 nitrogen and oxygen atoms in total. The molecule has 0 fully saturated rings. The third-order valence-electron chi connectivity index (χ3n) is 6.34. The second kappa shape index (κ2) is 11.1. The van der Waals surface area contributed by atoms with Gasteiger partial charge in [0.1, 0.15) is 17.4 Å². The minimum absolute atomic E-state index is 0.211. The summed E-state index contributed by atoms with van der Waals surface area (Å²) >= 11 is 0. The Kier molecular flexibility index (Phi) is 7.91. The molecule has 0 amide bonds. The lowest BCUT2D eigenvalue weighted by Crippen LogP contribution is -2.27. The zero-order chi connectivity index (χ0) is 27.4. The molecule has 0 radical (unpaired) electrons. The number of methoxy groups -OCH3 is 1. The fraction of sp³-hybridized carbons (Fsp3) is 0.250. The molecule has 1 N–H and O–H groups in total. The van der Waals surface area contributed by atoms with Crippen molar-refractivity contribution in [3.63, 3.8) is 0 Å². The van der Waals surface area contributed by atoms with Crippen LogP contribution < -0.4 is 10.3 Å². The molecule has 0 saturated carbocycles. The van der Waals surface area contributed by atoms with E-state index in [4.69, 9.17) is 4.74 Å². The molecule has 0 aliphatic heterocycles. The van der Waals surface area contributed by atoms with E-state index in [-0.39, 0.29) is 10.7 Å². The van der Waals surface area contributed by atoms with Crippen molar-refractivity contribution in [1.29, 1.82) is 0 Å². The van der Waals surface area contributed by atoms with Crippen LogP contribution in [0.25, 0.3) is 11.1 Å². The molecule has 10 heteroatoms. The monoisotopic (exact) mass is 537 g/mol. The number of nitrogens with zero attached hydrogens (tertiary/aromatic N) is 3. The van der Waals surface area contributed by atoms with Crippen LogP contribution in [0.4, 0.5) is 4.39 Å². The van der Waals surface area contributed by atoms with Gasteiger partial charge in [0.05, 0.1) is 24.2 Å². The highest BCUT2D eigenvalue weighted by Crippen LogP contribution is 2.35. The summed E-state index contributed by atoms with van der Waals surface area (Å²) in [4.78, 5) is 20.0. The Labute approximate surface area is 220 Å². The second-order valence-corrected chi connectivity index (χ2v) is 10.7. The molecular formula is C28H28FN3O5S. The number of pyridine rings is 1. The van der Waals surface area contributed by atoms with Gasteiger partial charge in [-0.05, 0) is 43.2 Å². The van der Waals surface area contributed by atoms with Crippen molar-refractivity contribution in [2.24, 2.45) is 0 Å². The number of ether oxygens (including phenoxy) is 1. The van der Waals surface area contributed by atoms with E-state index < -0.39 is 38.0 Å². The van der Waals surface area contributed by atoms with Crippen LogP contribution in [0.15, 0.2) is 81.6 Å². The number of hydrogen-bond donors (Lipinski definition) is 1. The van der Waals surface area contributed by atoms with Gasteiger partial charge in [0.25, 0.3) is 5.56 Å². The van der Waals surface area contributed by atoms with Crippen LogP contribution in [0.5, 0.6) is 11.6 Å². The number of aromatic hydroxyl groups is 1. The predicted molar refractivity (Wildman–Crippen MR) is 141 cm³/mol. The second-order valence-electron chi connectivity index (χ2n) is 8.80. The number of aryl methyl sites for hydroxylation is 1. The summed E-state index contributed by atoms with van der Waals surface area (Å²) in [7, 11) is -2.95. The van der Waals surface area contributed by atoms with E-state index in [1.54, 1.807) is 31.2 Å². The molecule has 0 saturated heterocycles. The molecule has 0 aliphatic carbocycles. The van der Waals surface area contributed by atoms with Gasteiger partial charge < -0.3 is 9.84 Å². The first-order valence-corrected chi connectivity index (χ1v) is 13.6. The van der Waals surface area contributed by atoms with E-state index in [9.17, 15) is 22.7 Å². The molecule has 2 aromatic carbocycles. The van der Waals surface area contributed by atoms with Crippen molar-refractivity contribution in [2.75, 3.05) is 7.11 Å². The molecule has 38 heavy (non-hydrogen) atoms. The average Bonchev–Trinajstić information content (AvgIpc) is 2.91. The number of halogens is 1. The van der Waals surface area contributed by atoms with Gasteiger partial charge in [0.2, 0.25) is 15.7 Å². The Morgan fingerprint density at radius 3 is 2.45 bits per heavy atom. The fourth-order valence-corrected chi connectivity index (χ4v) is 5.71. The maximum Gasteiger partial charge on any atom is 0.296 e. The van der Waals surface area contributed by atoms with Crippen molar-refractivity contribution >= 4 is 9.84 Å². The van der Waals surface area contributed by atoms with Crippen LogP contribution in [0, 0.1) is 5.82 Å². The number of unbranched alkanes of at least 4 members (excludes halogenated alkanes) is 1. The first kappa shape index (κ1) is 27.0. The van der Waals surface area contributed by atoms with E-state index in [2.05, 4.69) is 9.97 Å². The molecule has 2 aromatic heterocycles. The molecule has 0 aliphatic rings. The number of aromatic nitrogens is 3. The highest BCUT2D eigenvalue weighted by Gasteiger charge is 2.31. The van der Waals surface area contributed by atoms with Crippen LogP contribution in [0.2, 0.25) is 0 Å². The summed E-state index contributed by atoms with van der Waals surface area (Å²) in [5.41, 5.74) is 0.655. The first-order valence-electron chi connectivity index (χ1n) is 12.1. The highest BCUT2D eigenvalue weighted by atomic mass is 32.2. The van der Waals surface area contributed by atoms with Gasteiger partial charge in [-0.3, -0.25) is 14.3 Å². The van der Waals surface area contributed by atoms with Crippen molar-refractivity contribution in [3.8, 4) is 22.8 Å². The van der Waals surface area contributed by atoms with Crippen molar-refractivity contribution in [2.45, 2.75) is 48.9 Å². The smallest absolute Gasteiger partial charge is 0.296 e. The maximum absolute atomic E-state index is 13.6. The van der Waals surface area contributed by atoms with Gasteiger partial charge >= 0.3 is 0 Å². The summed E-state index contributed by atoms with van der Waals surface area (Å²) in [6, 6.07) is 13.4. The molecule has 2 heterocycles. The van der Waals surface area contributed by atoms with Crippen LogP contribution in [0.1, 0.15) is 44.1 Å². The molecule has 4 rings (SSSR count). The zero-order valence-corrected chi connectivity index (χ0v) is 22.1. The lowest BCUT2D eigenvalue weighted by molar-refractivity contribution is 0.360. The number of rotatable bonds is 9. The molecule has 0 bridgehead atoms. The standard InChI is InChI=1S/C28H28FN3O5S/c1-4-5-10-25-31-27(33)26(28(34)32(25)18(2)23-8-6-7-9-24(23)37-3)38(35,36)22-13-11-19(12-14-22)20-15-21(29)17-30-16-20/h6-9,11-18,34H,4-5,10H2,1-3H3/t18-/m0/s1. The van der Waals surface area contributed by atoms with E-state index in [0.717, 1.165) is 12.6 Å².